The van der Waals surface area contributed by atoms with Crippen LogP contribution in [-0.4, -0.2) is 14.5 Å². The molecule has 0 aliphatic rings. The van der Waals surface area contributed by atoms with Gasteiger partial charge < -0.3 is 0 Å². The van der Waals surface area contributed by atoms with Gasteiger partial charge in [0.15, 0.2) is 0 Å². The highest BCUT2D eigenvalue weighted by atomic mass is 15.2. The molecule has 0 saturated carbocycles. The third kappa shape index (κ3) is 3.87. The molecule has 0 amide bonds. The minimum absolute atomic E-state index is 0.667. The number of hydrogen-bond acceptors (Lipinski definition) is 2. The van der Waals surface area contributed by atoms with Crippen LogP contribution in [0, 0.1) is 0 Å². The van der Waals surface area contributed by atoms with Crippen LogP contribution in [0.5, 0.6) is 0 Å². The predicted molar refractivity (Wildman–Crippen MR) is 197 cm³/mol. The average molecular weight is 598 g/mol. The zero-order chi connectivity index (χ0) is 30.9. The van der Waals surface area contributed by atoms with E-state index in [4.69, 9.17) is 9.97 Å². The predicted octanol–water partition coefficient (Wildman–Crippen LogP) is 11.5. The van der Waals surface area contributed by atoms with Crippen molar-refractivity contribution in [3.05, 3.63) is 164 Å². The van der Waals surface area contributed by atoms with E-state index >= 15 is 0 Å². The smallest absolute Gasteiger partial charge is 0.235 e. The van der Waals surface area contributed by atoms with Gasteiger partial charge in [0.2, 0.25) is 5.95 Å². The summed E-state index contributed by atoms with van der Waals surface area (Å²) in [6.45, 7) is 0. The van der Waals surface area contributed by atoms with Crippen molar-refractivity contribution in [3.63, 3.8) is 0 Å². The summed E-state index contributed by atoms with van der Waals surface area (Å²) in [5.74, 6) is 0.667. The number of benzene rings is 8. The van der Waals surface area contributed by atoms with Crippen molar-refractivity contribution in [2.75, 3.05) is 0 Å². The Morgan fingerprint density at radius 3 is 1.53 bits per heavy atom. The van der Waals surface area contributed by atoms with Gasteiger partial charge in [0.1, 0.15) is 0 Å². The Morgan fingerprint density at radius 2 is 0.872 bits per heavy atom. The van der Waals surface area contributed by atoms with Crippen LogP contribution < -0.4 is 0 Å². The standard InChI is InChI=1S/C44H27N3/c1-2-12-28(13-3-1)31-24-25-36(35-19-9-8-18-34(31)35)43-37-20-10-11-21-38(37)45-44(46-43)47-39-26-22-29-14-4-6-16-32(29)41(39)42-33-17-7-5-15-30(33)23-27-40(42)47/h1-27H. The molecular weight excluding hydrogens is 571 g/mol. The topological polar surface area (TPSA) is 30.7 Å². The lowest BCUT2D eigenvalue weighted by Crippen LogP contribution is -2.03. The van der Waals surface area contributed by atoms with Crippen molar-refractivity contribution in [1.29, 1.82) is 0 Å². The summed E-state index contributed by atoms with van der Waals surface area (Å²) >= 11 is 0. The first-order valence-corrected chi connectivity index (χ1v) is 16.0. The van der Waals surface area contributed by atoms with Crippen LogP contribution in [-0.2, 0) is 0 Å². The number of nitrogens with zero attached hydrogens (tertiary/aromatic N) is 3. The minimum atomic E-state index is 0.667. The Morgan fingerprint density at radius 1 is 0.362 bits per heavy atom. The minimum Gasteiger partial charge on any atom is -0.278 e. The molecule has 0 N–H and O–H groups in total. The fourth-order valence-corrected chi connectivity index (χ4v) is 7.51. The number of fused-ring (bicyclic) bond motifs is 9. The monoisotopic (exact) mass is 597 g/mol. The maximum absolute atomic E-state index is 5.48. The number of aromatic nitrogens is 3. The van der Waals surface area contributed by atoms with Crippen molar-refractivity contribution in [2.45, 2.75) is 0 Å². The van der Waals surface area contributed by atoms with Crippen LogP contribution in [0.1, 0.15) is 0 Å². The Kier molecular flexibility index (Phi) is 5.57. The van der Waals surface area contributed by atoms with Crippen molar-refractivity contribution in [2.24, 2.45) is 0 Å². The fourth-order valence-electron chi connectivity index (χ4n) is 7.51. The van der Waals surface area contributed by atoms with E-state index in [0.29, 0.717) is 5.95 Å². The van der Waals surface area contributed by atoms with Gasteiger partial charge in [0.05, 0.1) is 22.2 Å². The van der Waals surface area contributed by atoms with Crippen LogP contribution in [0.4, 0.5) is 0 Å². The van der Waals surface area contributed by atoms with E-state index in [1.54, 1.807) is 0 Å². The molecule has 8 aromatic carbocycles. The van der Waals surface area contributed by atoms with E-state index in [2.05, 4.69) is 168 Å². The molecule has 2 aromatic heterocycles. The van der Waals surface area contributed by atoms with E-state index in [-0.39, 0.29) is 0 Å². The second-order valence-electron chi connectivity index (χ2n) is 12.2. The lowest BCUT2D eigenvalue weighted by molar-refractivity contribution is 1.01. The first-order chi connectivity index (χ1) is 23.3. The molecule has 47 heavy (non-hydrogen) atoms. The van der Waals surface area contributed by atoms with Crippen molar-refractivity contribution >= 4 is 65.0 Å². The van der Waals surface area contributed by atoms with Crippen LogP contribution in [0.3, 0.4) is 0 Å². The van der Waals surface area contributed by atoms with Gasteiger partial charge in [-0.05, 0) is 61.6 Å². The van der Waals surface area contributed by atoms with Crippen LogP contribution in [0.2, 0.25) is 0 Å². The Bertz CT molecular complexity index is 2750. The summed E-state index contributed by atoms with van der Waals surface area (Å²) in [5, 5.41) is 10.8. The van der Waals surface area contributed by atoms with Gasteiger partial charge in [-0.1, -0.05) is 146 Å². The van der Waals surface area contributed by atoms with Crippen LogP contribution in [0.25, 0.3) is 93.4 Å². The summed E-state index contributed by atoms with van der Waals surface area (Å²) in [7, 11) is 0. The van der Waals surface area contributed by atoms with Crippen LogP contribution in [0.15, 0.2) is 164 Å². The van der Waals surface area contributed by atoms with Gasteiger partial charge in [-0.25, -0.2) is 9.97 Å². The molecule has 0 radical (unpaired) electrons. The van der Waals surface area contributed by atoms with Crippen LogP contribution >= 0.6 is 0 Å². The largest absolute Gasteiger partial charge is 0.278 e. The lowest BCUT2D eigenvalue weighted by atomic mass is 9.93. The SMILES string of the molecule is c1ccc(-c2ccc(-c3nc(-n4c5ccc6ccccc6c5c5c6ccccc6ccc54)nc4ccccc34)c3ccccc23)cc1. The van der Waals surface area contributed by atoms with Gasteiger partial charge in [0, 0.05) is 21.7 Å². The molecule has 0 atom stereocenters. The molecule has 0 bridgehead atoms. The van der Waals surface area contributed by atoms with Gasteiger partial charge in [-0.15, -0.1) is 0 Å². The highest BCUT2D eigenvalue weighted by Crippen LogP contribution is 2.42. The van der Waals surface area contributed by atoms with Crippen molar-refractivity contribution < 1.29 is 0 Å². The average Bonchev–Trinajstić information content (AvgIpc) is 3.50. The number of rotatable bonds is 3. The van der Waals surface area contributed by atoms with Gasteiger partial charge in [-0.2, -0.15) is 0 Å². The van der Waals surface area contributed by atoms with E-state index < -0.39 is 0 Å². The van der Waals surface area contributed by atoms with Crippen molar-refractivity contribution in [1.82, 2.24) is 14.5 Å². The number of hydrogen-bond donors (Lipinski definition) is 0. The molecule has 10 rings (SSSR count). The van der Waals surface area contributed by atoms with Gasteiger partial charge >= 0.3 is 0 Å². The van der Waals surface area contributed by atoms with Gasteiger partial charge in [-0.3, -0.25) is 4.57 Å². The van der Waals surface area contributed by atoms with E-state index in [1.807, 2.05) is 0 Å². The maximum Gasteiger partial charge on any atom is 0.235 e. The van der Waals surface area contributed by atoms with E-state index in [0.717, 1.165) is 33.2 Å². The third-order valence-corrected chi connectivity index (χ3v) is 9.60. The molecule has 0 fully saturated rings. The normalized spacial score (nSPS) is 11.8. The molecule has 0 unspecified atom stereocenters. The summed E-state index contributed by atoms with van der Waals surface area (Å²) in [6.07, 6.45) is 0. The Balaban J connectivity index is 1.32. The molecule has 0 spiro atoms. The highest BCUT2D eigenvalue weighted by Gasteiger charge is 2.21. The second kappa shape index (κ2) is 10.1. The van der Waals surface area contributed by atoms with E-state index in [1.165, 1.54) is 54.2 Å². The Labute approximate surface area is 271 Å². The first-order valence-electron chi connectivity index (χ1n) is 16.0. The fraction of sp³-hybridized carbons (Fsp3) is 0. The first kappa shape index (κ1) is 26.0. The summed E-state index contributed by atoms with van der Waals surface area (Å²) in [6, 6.07) is 58.4. The molecular formula is C44H27N3. The zero-order valence-corrected chi connectivity index (χ0v) is 25.4. The maximum atomic E-state index is 5.48. The summed E-state index contributed by atoms with van der Waals surface area (Å²) in [4.78, 5) is 10.7. The number of para-hydroxylation sites is 1. The molecule has 0 aliphatic heterocycles. The Hall–Kier alpha value is -6.32. The molecule has 10 aromatic rings. The molecule has 3 nitrogen and oxygen atoms in total. The third-order valence-electron chi connectivity index (χ3n) is 9.60. The molecule has 2 heterocycles. The second-order valence-corrected chi connectivity index (χ2v) is 12.2. The molecule has 218 valence electrons. The quantitative estimate of drug-likeness (QED) is 0.203. The molecule has 3 heteroatoms. The van der Waals surface area contributed by atoms with Gasteiger partial charge in [0.25, 0.3) is 0 Å². The summed E-state index contributed by atoms with van der Waals surface area (Å²) < 4.78 is 2.26. The van der Waals surface area contributed by atoms with Crippen molar-refractivity contribution in [3.8, 4) is 28.3 Å². The highest BCUT2D eigenvalue weighted by molar-refractivity contribution is 6.28. The lowest BCUT2D eigenvalue weighted by Gasteiger charge is -2.15. The van der Waals surface area contributed by atoms with E-state index in [9.17, 15) is 0 Å². The molecule has 0 saturated heterocycles. The zero-order valence-electron chi connectivity index (χ0n) is 25.4. The molecule has 0 aliphatic carbocycles. The summed E-state index contributed by atoms with van der Waals surface area (Å²) in [5.41, 5.74) is 7.55.